The summed E-state index contributed by atoms with van der Waals surface area (Å²) in [6, 6.07) is 7.05. The molecule has 1 saturated heterocycles. The maximum Gasteiger partial charge on any atom is 0.267 e. The molecule has 4 N–H and O–H groups in total. The largest absolute Gasteiger partial charge is 0.467 e. The van der Waals surface area contributed by atoms with Crippen LogP contribution >= 0.6 is 23.5 Å². The van der Waals surface area contributed by atoms with E-state index in [1.807, 2.05) is 17.1 Å². The minimum atomic E-state index is -0.226. The van der Waals surface area contributed by atoms with Crippen LogP contribution in [0, 0.1) is 0 Å². The van der Waals surface area contributed by atoms with Crippen LogP contribution in [0.3, 0.4) is 0 Å². The summed E-state index contributed by atoms with van der Waals surface area (Å²) in [6.45, 7) is 2.92. The van der Waals surface area contributed by atoms with Crippen molar-refractivity contribution in [2.75, 3.05) is 31.6 Å². The fourth-order valence-electron chi connectivity index (χ4n) is 2.45. The molecule has 25 heavy (non-hydrogen) atoms. The molecule has 0 aliphatic carbocycles. The summed E-state index contributed by atoms with van der Waals surface area (Å²) in [5, 5.41) is 11.2. The van der Waals surface area contributed by atoms with Crippen molar-refractivity contribution < 1.29 is 13.9 Å². The molecule has 2 aromatic rings. The van der Waals surface area contributed by atoms with Crippen LogP contribution in [0.4, 0.5) is 5.69 Å². The fourth-order valence-corrected chi connectivity index (χ4v) is 3.11. The zero-order valence-electron chi connectivity index (χ0n) is 13.5. The van der Waals surface area contributed by atoms with E-state index in [9.17, 15) is 4.79 Å². The van der Waals surface area contributed by atoms with Crippen LogP contribution in [0.15, 0.2) is 39.8 Å². The van der Waals surface area contributed by atoms with E-state index < -0.39 is 0 Å². The Kier molecular flexibility index (Phi) is 6.22. The Hall–Kier alpha value is -1.71. The molecule has 0 saturated carbocycles. The Balaban J connectivity index is 1.79. The summed E-state index contributed by atoms with van der Waals surface area (Å²) in [4.78, 5) is 13.4. The first-order valence-electron chi connectivity index (χ1n) is 7.77. The molecule has 0 spiro atoms. The molecule has 1 amide bonds. The third-order valence-electron chi connectivity index (χ3n) is 3.75. The Morgan fingerprint density at radius 1 is 1.36 bits per heavy atom. The smallest absolute Gasteiger partial charge is 0.267 e. The van der Waals surface area contributed by atoms with Gasteiger partial charge in [-0.3, -0.25) is 15.4 Å². The highest BCUT2D eigenvalue weighted by atomic mass is 35.5. The number of ether oxygens (including phenoxy) is 1. The SMILES string of the molecule is NSc1cc(C(=O)NN2CCOCC2)c(NCc2ccco2)cc1Cl. The van der Waals surface area contributed by atoms with E-state index in [0.29, 0.717) is 54.0 Å². The Bertz CT molecular complexity index is 720. The normalized spacial score (nSPS) is 15.1. The molecule has 0 radical (unpaired) electrons. The van der Waals surface area contributed by atoms with Gasteiger partial charge in [0.2, 0.25) is 0 Å². The number of benzene rings is 1. The topological polar surface area (TPSA) is 92.8 Å². The average Bonchev–Trinajstić information content (AvgIpc) is 3.14. The van der Waals surface area contributed by atoms with Crippen LogP contribution in [0.5, 0.6) is 0 Å². The minimum absolute atomic E-state index is 0.226. The maximum absolute atomic E-state index is 12.7. The molecule has 0 bridgehead atoms. The van der Waals surface area contributed by atoms with E-state index in [0.717, 1.165) is 17.7 Å². The first kappa shape index (κ1) is 18.1. The number of halogens is 1. The van der Waals surface area contributed by atoms with Crippen LogP contribution in [0.2, 0.25) is 5.02 Å². The lowest BCUT2D eigenvalue weighted by Crippen LogP contribution is -2.48. The number of anilines is 1. The van der Waals surface area contributed by atoms with Gasteiger partial charge in [0.1, 0.15) is 5.76 Å². The second-order valence-electron chi connectivity index (χ2n) is 5.42. The Morgan fingerprint density at radius 3 is 2.84 bits per heavy atom. The lowest BCUT2D eigenvalue weighted by atomic mass is 10.1. The zero-order chi connectivity index (χ0) is 17.6. The van der Waals surface area contributed by atoms with Crippen LogP contribution in [-0.2, 0) is 11.3 Å². The number of furan rings is 1. The number of rotatable bonds is 6. The number of morpholine rings is 1. The maximum atomic E-state index is 12.7. The summed E-state index contributed by atoms with van der Waals surface area (Å²) in [5.74, 6) is 0.531. The summed E-state index contributed by atoms with van der Waals surface area (Å²) < 4.78 is 10.6. The molecule has 1 aliphatic heterocycles. The van der Waals surface area contributed by atoms with E-state index in [1.54, 1.807) is 18.4 Å². The molecule has 1 fully saturated rings. The van der Waals surface area contributed by atoms with Gasteiger partial charge in [-0.05, 0) is 36.2 Å². The molecule has 9 heteroatoms. The Morgan fingerprint density at radius 2 is 2.16 bits per heavy atom. The molecular formula is C16H19ClN4O3S. The van der Waals surface area contributed by atoms with E-state index >= 15 is 0 Å². The van der Waals surface area contributed by atoms with Crippen molar-refractivity contribution >= 4 is 35.1 Å². The lowest BCUT2D eigenvalue weighted by Gasteiger charge is -2.27. The molecule has 2 heterocycles. The second kappa shape index (κ2) is 8.59. The van der Waals surface area contributed by atoms with Crippen molar-refractivity contribution in [1.82, 2.24) is 10.4 Å². The number of nitrogens with two attached hydrogens (primary N) is 1. The van der Waals surface area contributed by atoms with E-state index in [4.69, 9.17) is 25.9 Å². The zero-order valence-corrected chi connectivity index (χ0v) is 15.0. The number of nitrogens with one attached hydrogen (secondary N) is 2. The average molecular weight is 383 g/mol. The standard InChI is InChI=1S/C16H19ClN4O3S/c17-13-9-14(19-10-11-2-1-5-24-11)12(8-15(13)25-18)16(22)20-21-3-6-23-7-4-21/h1-2,5,8-9,19H,3-4,6-7,10,18H2,(H,20,22). The lowest BCUT2D eigenvalue weighted by molar-refractivity contribution is 0.0126. The highest BCUT2D eigenvalue weighted by molar-refractivity contribution is 7.97. The monoisotopic (exact) mass is 382 g/mol. The predicted octanol–water partition coefficient (Wildman–Crippen LogP) is 2.49. The highest BCUT2D eigenvalue weighted by Gasteiger charge is 2.19. The number of hydrazine groups is 1. The van der Waals surface area contributed by atoms with Gasteiger partial charge in [-0.25, -0.2) is 5.01 Å². The van der Waals surface area contributed by atoms with Gasteiger partial charge < -0.3 is 14.5 Å². The molecule has 0 unspecified atom stereocenters. The first-order chi connectivity index (χ1) is 12.2. The van der Waals surface area contributed by atoms with Crippen molar-refractivity contribution in [3.8, 4) is 0 Å². The van der Waals surface area contributed by atoms with Crippen LogP contribution in [0.25, 0.3) is 0 Å². The number of carbonyl (C=O) groups is 1. The number of carbonyl (C=O) groups excluding carboxylic acids is 1. The number of nitrogens with zero attached hydrogens (tertiary/aromatic N) is 1. The third-order valence-corrected chi connectivity index (χ3v) is 4.76. The molecule has 1 aromatic carbocycles. The number of hydrogen-bond donors (Lipinski definition) is 3. The third kappa shape index (κ3) is 4.68. The van der Waals surface area contributed by atoms with E-state index in [1.165, 1.54) is 0 Å². The second-order valence-corrected chi connectivity index (χ2v) is 6.50. The molecule has 134 valence electrons. The van der Waals surface area contributed by atoms with Crippen molar-refractivity contribution in [2.45, 2.75) is 11.4 Å². The first-order valence-corrected chi connectivity index (χ1v) is 9.03. The van der Waals surface area contributed by atoms with Crippen molar-refractivity contribution in [3.63, 3.8) is 0 Å². The van der Waals surface area contributed by atoms with Crippen molar-refractivity contribution in [3.05, 3.63) is 46.9 Å². The predicted molar refractivity (Wildman–Crippen MR) is 97.4 cm³/mol. The van der Waals surface area contributed by atoms with Gasteiger partial charge in [-0.2, -0.15) is 0 Å². The van der Waals surface area contributed by atoms with Gasteiger partial charge in [0.15, 0.2) is 0 Å². The highest BCUT2D eigenvalue weighted by Crippen LogP contribution is 2.30. The molecule has 1 aliphatic rings. The number of hydrogen-bond acceptors (Lipinski definition) is 7. The summed E-state index contributed by atoms with van der Waals surface area (Å²) in [6.07, 6.45) is 1.60. The van der Waals surface area contributed by atoms with Gasteiger partial charge in [-0.15, -0.1) is 0 Å². The summed E-state index contributed by atoms with van der Waals surface area (Å²) in [7, 11) is 0. The number of amides is 1. The fraction of sp³-hybridized carbons (Fsp3) is 0.312. The van der Waals surface area contributed by atoms with Crippen LogP contribution < -0.4 is 15.9 Å². The molecule has 3 rings (SSSR count). The van der Waals surface area contributed by atoms with Gasteiger partial charge in [0.05, 0.1) is 36.6 Å². The quantitative estimate of drug-likeness (QED) is 0.661. The van der Waals surface area contributed by atoms with Crippen molar-refractivity contribution in [2.24, 2.45) is 5.14 Å². The molecule has 1 aromatic heterocycles. The van der Waals surface area contributed by atoms with Crippen LogP contribution in [-0.4, -0.2) is 37.2 Å². The van der Waals surface area contributed by atoms with E-state index in [2.05, 4.69) is 10.7 Å². The van der Waals surface area contributed by atoms with E-state index in [-0.39, 0.29) is 5.91 Å². The van der Waals surface area contributed by atoms with Gasteiger partial charge >= 0.3 is 0 Å². The summed E-state index contributed by atoms with van der Waals surface area (Å²) >= 11 is 7.24. The van der Waals surface area contributed by atoms with Crippen molar-refractivity contribution in [1.29, 1.82) is 0 Å². The van der Waals surface area contributed by atoms with Gasteiger partial charge in [-0.1, -0.05) is 11.6 Å². The molecule has 0 atom stereocenters. The summed E-state index contributed by atoms with van der Waals surface area (Å²) in [5.41, 5.74) is 3.98. The molecular weight excluding hydrogens is 364 g/mol. The Labute approximate surface area is 154 Å². The van der Waals surface area contributed by atoms with Crippen LogP contribution in [0.1, 0.15) is 16.1 Å². The van der Waals surface area contributed by atoms with Gasteiger partial charge in [0.25, 0.3) is 5.91 Å². The minimum Gasteiger partial charge on any atom is -0.467 e. The van der Waals surface area contributed by atoms with Gasteiger partial charge in [0, 0.05) is 23.7 Å². The molecule has 7 nitrogen and oxygen atoms in total.